The van der Waals surface area contributed by atoms with E-state index in [4.69, 9.17) is 0 Å². The van der Waals surface area contributed by atoms with Crippen LogP contribution in [0.3, 0.4) is 0 Å². The van der Waals surface area contributed by atoms with Crippen molar-refractivity contribution in [3.05, 3.63) is 145 Å². The van der Waals surface area contributed by atoms with Crippen molar-refractivity contribution in [2.24, 2.45) is 0 Å². The third-order valence-corrected chi connectivity index (χ3v) is 7.70. The Labute approximate surface area is 250 Å². The maximum Gasteiger partial charge on any atom is 0.273 e. The zero-order valence-corrected chi connectivity index (χ0v) is 24.0. The minimum atomic E-state index is -0.844. The fourth-order valence-electron chi connectivity index (χ4n) is 4.39. The first-order chi connectivity index (χ1) is 20.7. The minimum absolute atomic E-state index is 0.0853. The zero-order valence-electron chi connectivity index (χ0n) is 23.2. The molecule has 0 fully saturated rings. The van der Waals surface area contributed by atoms with Crippen molar-refractivity contribution in [1.29, 1.82) is 5.26 Å². The number of carbonyl (C=O) groups is 2. The van der Waals surface area contributed by atoms with E-state index in [9.17, 15) is 24.0 Å². The Morgan fingerprint density at radius 2 is 1.63 bits per heavy atom. The Bertz CT molecular complexity index is 2090. The van der Waals surface area contributed by atoms with E-state index in [1.165, 1.54) is 22.8 Å². The molecule has 2 amide bonds. The highest BCUT2D eigenvalue weighted by Gasteiger charge is 2.19. The normalized spacial score (nSPS) is 11.9. The highest BCUT2D eigenvalue weighted by Crippen LogP contribution is 2.16. The van der Waals surface area contributed by atoms with E-state index in [-0.39, 0.29) is 26.4 Å². The van der Waals surface area contributed by atoms with E-state index in [0.717, 1.165) is 22.5 Å². The number of benzene rings is 4. The molecule has 1 aromatic heterocycles. The van der Waals surface area contributed by atoms with Gasteiger partial charge in [0, 0.05) is 11.3 Å². The lowest BCUT2D eigenvalue weighted by Gasteiger charge is -2.08. The molecule has 2 N–H and O–H groups in total. The average molecular weight is 589 g/mol. The smallest absolute Gasteiger partial charge is 0.273 e. The Kier molecular flexibility index (Phi) is 8.41. The van der Waals surface area contributed by atoms with Gasteiger partial charge in [-0.1, -0.05) is 60.2 Å². The van der Waals surface area contributed by atoms with Crippen LogP contribution in [-0.4, -0.2) is 16.4 Å². The van der Waals surface area contributed by atoms with Crippen molar-refractivity contribution in [3.8, 4) is 11.8 Å². The molecule has 43 heavy (non-hydrogen) atoms. The van der Waals surface area contributed by atoms with Gasteiger partial charge in [-0.05, 0) is 73.5 Å². The molecule has 212 valence electrons. The lowest BCUT2D eigenvalue weighted by atomic mass is 10.1. The molecular weight excluding hydrogens is 563 g/mol. The summed E-state index contributed by atoms with van der Waals surface area (Å²) in [5.41, 5.74) is 3.10. The third-order valence-electron chi connectivity index (χ3n) is 6.61. The summed E-state index contributed by atoms with van der Waals surface area (Å²) in [6.07, 6.45) is 1.64. The molecule has 0 saturated heterocycles. The molecule has 7 nitrogen and oxygen atoms in total. The Morgan fingerprint density at radius 1 is 0.907 bits per heavy atom. The number of nitriles is 1. The minimum Gasteiger partial charge on any atom is -0.322 e. The molecule has 0 aliphatic rings. The molecule has 0 unspecified atom stereocenters. The molecule has 0 bridgehead atoms. The standard InChI is InChI=1S/C34H25FN4O3S/c1-21-14-16-24(17-15-21)31(40)37-25-10-7-9-23(18-25)19-30-33(42)39(29-13-6-3-8-22(29)2)34(43-30)26(20-36)32(41)38-28-12-5-4-11-27(28)35/h3-19H,1-2H3,(H,37,40)(H,38,41). The maximum absolute atomic E-state index is 14.3. The van der Waals surface area contributed by atoms with Crippen LogP contribution in [0.5, 0.6) is 0 Å². The highest BCUT2D eigenvalue weighted by atomic mass is 32.1. The Morgan fingerprint density at radius 3 is 2.35 bits per heavy atom. The molecule has 0 radical (unpaired) electrons. The summed E-state index contributed by atoms with van der Waals surface area (Å²) in [6.45, 7) is 3.76. The second kappa shape index (κ2) is 12.5. The predicted octanol–water partition coefficient (Wildman–Crippen LogP) is 5.05. The van der Waals surface area contributed by atoms with Crippen molar-refractivity contribution >= 4 is 46.2 Å². The summed E-state index contributed by atoms with van der Waals surface area (Å²) in [6, 6.07) is 28.8. The molecule has 0 aliphatic heterocycles. The number of nitrogens with one attached hydrogen (secondary N) is 2. The van der Waals surface area contributed by atoms with Crippen molar-refractivity contribution in [1.82, 2.24) is 4.57 Å². The van der Waals surface area contributed by atoms with Gasteiger partial charge in [-0.15, -0.1) is 11.3 Å². The topological polar surface area (TPSA) is 104 Å². The van der Waals surface area contributed by atoms with Crippen molar-refractivity contribution < 1.29 is 14.0 Å². The van der Waals surface area contributed by atoms with Crippen LogP contribution in [-0.2, 0) is 4.79 Å². The number of para-hydroxylation sites is 2. The average Bonchev–Trinajstić information content (AvgIpc) is 3.30. The number of hydrogen-bond acceptors (Lipinski definition) is 5. The van der Waals surface area contributed by atoms with Crippen LogP contribution in [0.15, 0.2) is 102 Å². The van der Waals surface area contributed by atoms with Gasteiger partial charge in [-0.25, -0.2) is 4.39 Å². The first-order valence-electron chi connectivity index (χ1n) is 13.2. The molecule has 9 heteroatoms. The summed E-state index contributed by atoms with van der Waals surface area (Å²) in [5, 5.41) is 15.4. The van der Waals surface area contributed by atoms with Crippen LogP contribution < -0.4 is 25.4 Å². The number of hydrogen-bond donors (Lipinski definition) is 2. The van der Waals surface area contributed by atoms with Crippen LogP contribution in [0.1, 0.15) is 27.0 Å². The quantitative estimate of drug-likeness (QED) is 0.290. The molecule has 4 aromatic carbocycles. The summed E-state index contributed by atoms with van der Waals surface area (Å²) in [7, 11) is 0. The molecule has 0 aliphatic carbocycles. The van der Waals surface area contributed by atoms with E-state index in [2.05, 4.69) is 10.6 Å². The molecule has 0 saturated carbocycles. The van der Waals surface area contributed by atoms with Gasteiger partial charge in [-0.2, -0.15) is 5.26 Å². The van der Waals surface area contributed by atoms with E-state index in [0.29, 0.717) is 22.5 Å². The number of thiazole rings is 1. The van der Waals surface area contributed by atoms with Gasteiger partial charge in [0.1, 0.15) is 16.5 Å². The number of carbonyl (C=O) groups excluding carboxylic acids is 2. The fourth-order valence-corrected chi connectivity index (χ4v) is 5.49. The second-order valence-corrected chi connectivity index (χ2v) is 10.7. The maximum atomic E-state index is 14.3. The van der Waals surface area contributed by atoms with Crippen LogP contribution in [0.2, 0.25) is 0 Å². The van der Waals surface area contributed by atoms with Gasteiger partial charge < -0.3 is 10.6 Å². The van der Waals surface area contributed by atoms with Crippen molar-refractivity contribution in [2.75, 3.05) is 10.6 Å². The molecule has 5 aromatic rings. The number of aromatic nitrogens is 1. The van der Waals surface area contributed by atoms with E-state index in [1.807, 2.05) is 44.2 Å². The molecule has 1 heterocycles. The third kappa shape index (κ3) is 6.35. The van der Waals surface area contributed by atoms with Gasteiger partial charge in [-0.3, -0.25) is 19.0 Å². The summed E-state index contributed by atoms with van der Waals surface area (Å²) in [5.74, 6) is -1.77. The van der Waals surface area contributed by atoms with E-state index in [1.54, 1.807) is 60.7 Å². The van der Waals surface area contributed by atoms with Crippen LogP contribution in [0.25, 0.3) is 17.3 Å². The SMILES string of the molecule is Cc1ccc(C(=O)Nc2cccc(C=c3sc(=C(C#N)C(=O)Nc4ccccc4F)n(-c4ccccc4C)c3=O)c2)cc1. The van der Waals surface area contributed by atoms with Crippen LogP contribution >= 0.6 is 11.3 Å². The molecule has 0 atom stereocenters. The lowest BCUT2D eigenvalue weighted by molar-refractivity contribution is -0.111. The van der Waals surface area contributed by atoms with Gasteiger partial charge in [0.2, 0.25) is 0 Å². The van der Waals surface area contributed by atoms with Crippen LogP contribution in [0.4, 0.5) is 15.8 Å². The Balaban J connectivity index is 1.62. The summed E-state index contributed by atoms with van der Waals surface area (Å²) >= 11 is 0.972. The van der Waals surface area contributed by atoms with E-state index < -0.39 is 17.3 Å². The van der Waals surface area contributed by atoms with E-state index >= 15 is 0 Å². The highest BCUT2D eigenvalue weighted by molar-refractivity contribution is 7.07. The van der Waals surface area contributed by atoms with Crippen LogP contribution in [0, 0.1) is 31.0 Å². The zero-order chi connectivity index (χ0) is 30.5. The predicted molar refractivity (Wildman–Crippen MR) is 167 cm³/mol. The second-order valence-electron chi connectivity index (χ2n) is 9.71. The number of halogens is 1. The number of nitrogens with zero attached hydrogens (tertiary/aromatic N) is 2. The lowest BCUT2D eigenvalue weighted by Crippen LogP contribution is -2.32. The Hall–Kier alpha value is -5.59. The van der Waals surface area contributed by atoms with Gasteiger partial charge in [0.25, 0.3) is 17.4 Å². The molecule has 5 rings (SSSR count). The van der Waals surface area contributed by atoms with Crippen molar-refractivity contribution in [3.63, 3.8) is 0 Å². The largest absolute Gasteiger partial charge is 0.322 e. The molecule has 0 spiro atoms. The molecular formula is C34H25FN4O3S. The van der Waals surface area contributed by atoms with Crippen molar-refractivity contribution in [2.45, 2.75) is 13.8 Å². The van der Waals surface area contributed by atoms with Gasteiger partial charge in [0.05, 0.1) is 15.9 Å². The first kappa shape index (κ1) is 28.9. The summed E-state index contributed by atoms with van der Waals surface area (Å²) < 4.78 is 15.9. The number of rotatable bonds is 6. The number of anilines is 2. The number of amides is 2. The number of aryl methyl sites for hydroxylation is 2. The fraction of sp³-hybridized carbons (Fsp3) is 0.0588. The summed E-state index contributed by atoms with van der Waals surface area (Å²) in [4.78, 5) is 39.8. The van der Waals surface area contributed by atoms with Gasteiger partial charge in [0.15, 0.2) is 5.57 Å². The monoisotopic (exact) mass is 588 g/mol. The first-order valence-corrected chi connectivity index (χ1v) is 14.0. The van der Waals surface area contributed by atoms with Gasteiger partial charge >= 0.3 is 0 Å².